The number of thioether (sulfide) groups is 1. The summed E-state index contributed by atoms with van der Waals surface area (Å²) < 4.78 is 24.0. The van der Waals surface area contributed by atoms with Gasteiger partial charge in [-0.1, -0.05) is 31.0 Å². The van der Waals surface area contributed by atoms with Gasteiger partial charge in [-0.05, 0) is 37.1 Å². The van der Waals surface area contributed by atoms with Crippen molar-refractivity contribution in [1.82, 2.24) is 20.1 Å². The molecular formula is C24H30N4O5S. The van der Waals surface area contributed by atoms with Gasteiger partial charge < -0.3 is 23.9 Å². The second kappa shape index (κ2) is 11.3. The van der Waals surface area contributed by atoms with E-state index in [-0.39, 0.29) is 17.7 Å². The summed E-state index contributed by atoms with van der Waals surface area (Å²) in [5.74, 6) is 3.23. The van der Waals surface area contributed by atoms with Gasteiger partial charge in [0.05, 0.1) is 39.9 Å². The van der Waals surface area contributed by atoms with Gasteiger partial charge in [-0.15, -0.1) is 10.2 Å². The third-order valence-corrected chi connectivity index (χ3v) is 6.84. The highest BCUT2D eigenvalue weighted by Crippen LogP contribution is 2.42. The van der Waals surface area contributed by atoms with E-state index in [0.717, 1.165) is 42.2 Å². The summed E-state index contributed by atoms with van der Waals surface area (Å²) in [6.07, 6.45) is 7.24. The molecule has 2 heterocycles. The molecule has 182 valence electrons. The Balaban J connectivity index is 1.60. The quantitative estimate of drug-likeness (QED) is 0.419. The lowest BCUT2D eigenvalue weighted by atomic mass is 9.95. The van der Waals surface area contributed by atoms with E-state index in [1.807, 2.05) is 18.2 Å². The zero-order chi connectivity index (χ0) is 23.9. The van der Waals surface area contributed by atoms with Gasteiger partial charge in [-0.25, -0.2) is 0 Å². The zero-order valence-electron chi connectivity index (χ0n) is 19.7. The minimum absolute atomic E-state index is 0.0890. The Bertz CT molecular complexity index is 1070. The van der Waals surface area contributed by atoms with Crippen molar-refractivity contribution in [3.8, 4) is 28.6 Å². The van der Waals surface area contributed by atoms with E-state index >= 15 is 0 Å². The van der Waals surface area contributed by atoms with Crippen molar-refractivity contribution in [1.29, 1.82) is 0 Å². The third kappa shape index (κ3) is 5.32. The molecule has 9 nitrogen and oxygen atoms in total. The first-order chi connectivity index (χ1) is 16.6. The number of furan rings is 1. The van der Waals surface area contributed by atoms with Crippen LogP contribution in [0.3, 0.4) is 0 Å². The summed E-state index contributed by atoms with van der Waals surface area (Å²) in [4.78, 5) is 12.4. The minimum atomic E-state index is -0.0890. The van der Waals surface area contributed by atoms with Crippen LogP contribution in [-0.2, 0) is 11.3 Å². The Kier molecular flexibility index (Phi) is 7.99. The first-order valence-corrected chi connectivity index (χ1v) is 12.3. The lowest BCUT2D eigenvalue weighted by Gasteiger charge is -2.26. The number of carbonyl (C=O) groups excluding carboxylic acids is 1. The van der Waals surface area contributed by atoms with Gasteiger partial charge in [-0.2, -0.15) is 0 Å². The Labute approximate surface area is 203 Å². The maximum Gasteiger partial charge on any atom is 0.230 e. The van der Waals surface area contributed by atoms with Gasteiger partial charge in [0.1, 0.15) is 5.76 Å². The van der Waals surface area contributed by atoms with Gasteiger partial charge >= 0.3 is 0 Å². The second-order valence-corrected chi connectivity index (χ2v) is 8.97. The number of carbonyl (C=O) groups is 1. The third-order valence-electron chi connectivity index (χ3n) is 5.90. The summed E-state index contributed by atoms with van der Waals surface area (Å²) in [5, 5.41) is 12.6. The van der Waals surface area contributed by atoms with Crippen LogP contribution < -0.4 is 19.5 Å². The maximum atomic E-state index is 12.4. The number of benzene rings is 1. The SMILES string of the molecule is COc1cc(-c2nnc(SCC(=O)NCc3ccco3)n2C2CCCCC2)cc(OC)c1OC. The molecule has 0 radical (unpaired) electrons. The van der Waals surface area contributed by atoms with Crippen molar-refractivity contribution >= 4 is 17.7 Å². The van der Waals surface area contributed by atoms with Gasteiger partial charge in [0.2, 0.25) is 11.7 Å². The number of hydrogen-bond acceptors (Lipinski definition) is 8. The first-order valence-electron chi connectivity index (χ1n) is 11.3. The average molecular weight is 487 g/mol. The molecule has 0 bridgehead atoms. The molecule has 4 rings (SSSR count). The fraction of sp³-hybridized carbons (Fsp3) is 0.458. The Hall–Kier alpha value is -3.14. The predicted molar refractivity (Wildman–Crippen MR) is 129 cm³/mol. The summed E-state index contributed by atoms with van der Waals surface area (Å²) in [6.45, 7) is 0.360. The average Bonchev–Trinajstić information content (AvgIpc) is 3.56. The lowest BCUT2D eigenvalue weighted by Crippen LogP contribution is -2.24. The molecule has 0 aliphatic heterocycles. The molecule has 10 heteroatoms. The van der Waals surface area contributed by atoms with E-state index in [1.54, 1.807) is 33.7 Å². The van der Waals surface area contributed by atoms with Crippen molar-refractivity contribution < 1.29 is 23.4 Å². The molecule has 0 saturated heterocycles. The van der Waals surface area contributed by atoms with Crippen molar-refractivity contribution in [2.45, 2.75) is 49.8 Å². The highest BCUT2D eigenvalue weighted by atomic mass is 32.2. The van der Waals surface area contributed by atoms with Crippen molar-refractivity contribution in [3.05, 3.63) is 36.3 Å². The van der Waals surface area contributed by atoms with Crippen molar-refractivity contribution in [2.75, 3.05) is 27.1 Å². The summed E-state index contributed by atoms with van der Waals surface area (Å²) >= 11 is 1.39. The van der Waals surface area contributed by atoms with E-state index in [0.29, 0.717) is 29.6 Å². The van der Waals surface area contributed by atoms with E-state index in [1.165, 1.54) is 18.2 Å². The van der Waals surface area contributed by atoms with Crippen LogP contribution in [0, 0.1) is 0 Å². The Morgan fingerprint density at radius 3 is 2.47 bits per heavy atom. The van der Waals surface area contributed by atoms with Crippen LogP contribution >= 0.6 is 11.8 Å². The monoisotopic (exact) mass is 486 g/mol. The van der Waals surface area contributed by atoms with Crippen LogP contribution in [0.2, 0.25) is 0 Å². The fourth-order valence-electron chi connectivity index (χ4n) is 4.23. The van der Waals surface area contributed by atoms with Crippen LogP contribution in [0.4, 0.5) is 0 Å². The molecule has 1 aliphatic carbocycles. The molecular weight excluding hydrogens is 456 g/mol. The van der Waals surface area contributed by atoms with Crippen molar-refractivity contribution in [2.24, 2.45) is 0 Å². The molecule has 2 aromatic heterocycles. The first kappa shape index (κ1) is 24.0. The predicted octanol–water partition coefficient (Wildman–Crippen LogP) is 4.48. The number of aromatic nitrogens is 3. The Morgan fingerprint density at radius 2 is 1.85 bits per heavy atom. The van der Waals surface area contributed by atoms with Crippen LogP contribution in [0.5, 0.6) is 17.2 Å². The summed E-state index contributed by atoms with van der Waals surface area (Å²) in [5.41, 5.74) is 0.821. The second-order valence-electron chi connectivity index (χ2n) is 8.03. The van der Waals surface area contributed by atoms with Crippen LogP contribution in [0.25, 0.3) is 11.4 Å². The van der Waals surface area contributed by atoms with Gasteiger partial charge in [0.15, 0.2) is 22.5 Å². The molecule has 0 atom stereocenters. The minimum Gasteiger partial charge on any atom is -0.493 e. The molecule has 3 aromatic rings. The van der Waals surface area contributed by atoms with E-state index in [4.69, 9.17) is 18.6 Å². The van der Waals surface area contributed by atoms with E-state index in [2.05, 4.69) is 20.1 Å². The number of hydrogen-bond donors (Lipinski definition) is 1. The largest absolute Gasteiger partial charge is 0.493 e. The standard InChI is InChI=1S/C24H30N4O5S/c1-30-19-12-16(13-20(31-2)22(19)32-3)23-26-27-24(28(23)17-8-5-4-6-9-17)34-15-21(29)25-14-18-10-7-11-33-18/h7,10-13,17H,4-6,8-9,14-15H2,1-3H3,(H,25,29). The molecule has 34 heavy (non-hydrogen) atoms. The molecule has 0 spiro atoms. The number of methoxy groups -OCH3 is 3. The Morgan fingerprint density at radius 1 is 1.12 bits per heavy atom. The zero-order valence-corrected chi connectivity index (χ0v) is 20.5. The maximum absolute atomic E-state index is 12.4. The normalized spacial score (nSPS) is 14.1. The molecule has 0 unspecified atom stereocenters. The molecule has 1 N–H and O–H groups in total. The summed E-state index contributed by atoms with van der Waals surface area (Å²) in [7, 11) is 4.77. The lowest BCUT2D eigenvalue weighted by molar-refractivity contribution is -0.118. The molecule has 1 amide bonds. The van der Waals surface area contributed by atoms with Crippen LogP contribution in [0.1, 0.15) is 43.9 Å². The van der Waals surface area contributed by atoms with Gasteiger partial charge in [-0.3, -0.25) is 9.36 Å². The molecule has 1 aromatic carbocycles. The summed E-state index contributed by atoms with van der Waals surface area (Å²) in [6, 6.07) is 7.67. The van der Waals surface area contributed by atoms with Gasteiger partial charge in [0, 0.05) is 11.6 Å². The van der Waals surface area contributed by atoms with Crippen LogP contribution in [-0.4, -0.2) is 47.8 Å². The van der Waals surface area contributed by atoms with Crippen molar-refractivity contribution in [3.63, 3.8) is 0 Å². The highest BCUT2D eigenvalue weighted by Gasteiger charge is 2.26. The van der Waals surface area contributed by atoms with Gasteiger partial charge in [0.25, 0.3) is 0 Å². The number of nitrogens with zero attached hydrogens (tertiary/aromatic N) is 3. The number of ether oxygens (including phenoxy) is 3. The molecule has 1 saturated carbocycles. The molecule has 1 aliphatic rings. The van der Waals surface area contributed by atoms with E-state index in [9.17, 15) is 4.79 Å². The fourth-order valence-corrected chi connectivity index (χ4v) is 5.07. The number of amides is 1. The number of nitrogens with one attached hydrogen (secondary N) is 1. The number of rotatable bonds is 10. The molecule has 1 fully saturated rings. The van der Waals surface area contributed by atoms with Crippen LogP contribution in [0.15, 0.2) is 40.1 Å². The topological polar surface area (TPSA) is 101 Å². The smallest absolute Gasteiger partial charge is 0.230 e. The highest BCUT2D eigenvalue weighted by molar-refractivity contribution is 7.99. The van der Waals surface area contributed by atoms with E-state index < -0.39 is 0 Å².